The van der Waals surface area contributed by atoms with E-state index in [-0.39, 0.29) is 6.10 Å². The van der Waals surface area contributed by atoms with Crippen LogP contribution in [0.15, 0.2) is 24.3 Å². The molecule has 0 saturated carbocycles. The van der Waals surface area contributed by atoms with Crippen molar-refractivity contribution in [3.63, 3.8) is 0 Å². The van der Waals surface area contributed by atoms with E-state index in [1.807, 2.05) is 23.1 Å². The monoisotopic (exact) mass is 637 g/mol. The molecule has 1 aliphatic rings. The van der Waals surface area contributed by atoms with Gasteiger partial charge in [0.25, 0.3) is 0 Å². The zero-order chi connectivity index (χ0) is 32.7. The van der Waals surface area contributed by atoms with Gasteiger partial charge in [0.15, 0.2) is 11.6 Å². The summed E-state index contributed by atoms with van der Waals surface area (Å²) in [5, 5.41) is 13.0. The molecule has 3 aromatic rings. The van der Waals surface area contributed by atoms with Gasteiger partial charge in [0.1, 0.15) is 11.0 Å². The van der Waals surface area contributed by atoms with Crippen LogP contribution >= 0.6 is 0 Å². The molecule has 0 unspecified atom stereocenters. The Labute approximate surface area is 271 Å². The smallest absolute Gasteiger partial charge is 0.228 e. The number of rotatable bonds is 19. The van der Waals surface area contributed by atoms with E-state index < -0.39 is 0 Å². The number of aromatic nitrogens is 4. The third kappa shape index (κ3) is 9.34. The van der Waals surface area contributed by atoms with Gasteiger partial charge in [-0.05, 0) is 30.5 Å². The molecule has 1 aliphatic heterocycles. The van der Waals surface area contributed by atoms with Crippen LogP contribution in [0.5, 0.6) is 0 Å². The zero-order valence-corrected chi connectivity index (χ0v) is 27.7. The van der Waals surface area contributed by atoms with E-state index in [1.54, 1.807) is 41.6 Å². The van der Waals surface area contributed by atoms with Gasteiger partial charge in [0.2, 0.25) is 11.9 Å². The number of methoxy groups -OCH3 is 5. The van der Waals surface area contributed by atoms with Gasteiger partial charge in [-0.15, -0.1) is 0 Å². The third-order valence-corrected chi connectivity index (χ3v) is 7.92. The fraction of sp³-hybridized carbons (Fsp3) is 0.594. The molecule has 1 saturated heterocycles. The fourth-order valence-corrected chi connectivity index (χ4v) is 5.27. The summed E-state index contributed by atoms with van der Waals surface area (Å²) < 4.78 is 27.3. The Bertz CT molecular complexity index is 1400. The van der Waals surface area contributed by atoms with Crippen molar-refractivity contribution in [1.29, 1.82) is 5.26 Å². The third-order valence-electron chi connectivity index (χ3n) is 7.92. The largest absolute Gasteiger partial charge is 0.383 e. The van der Waals surface area contributed by atoms with Gasteiger partial charge in [0.05, 0.1) is 44.2 Å². The molecule has 0 radical (unpaired) electrons. The Morgan fingerprint density at radius 2 is 1.37 bits per heavy atom. The van der Waals surface area contributed by atoms with E-state index in [9.17, 15) is 5.26 Å². The van der Waals surface area contributed by atoms with Crippen LogP contribution in [0.2, 0.25) is 0 Å². The van der Waals surface area contributed by atoms with Gasteiger partial charge >= 0.3 is 0 Å². The topological polar surface area (TPSA) is 143 Å². The van der Waals surface area contributed by atoms with Crippen LogP contribution in [0.3, 0.4) is 0 Å². The van der Waals surface area contributed by atoms with Crippen LogP contribution in [-0.4, -0.2) is 127 Å². The number of benzene rings is 1. The molecule has 0 atom stereocenters. The second-order valence-electron chi connectivity index (χ2n) is 10.9. The van der Waals surface area contributed by atoms with E-state index in [0.29, 0.717) is 93.5 Å². The van der Waals surface area contributed by atoms with Crippen molar-refractivity contribution in [1.82, 2.24) is 19.9 Å². The predicted octanol–water partition coefficient (Wildman–Crippen LogP) is 2.72. The molecule has 1 N–H and O–H groups in total. The van der Waals surface area contributed by atoms with E-state index in [1.165, 1.54) is 0 Å². The lowest BCUT2D eigenvalue weighted by atomic mass is 10.1. The Balaban J connectivity index is 1.89. The molecule has 46 heavy (non-hydrogen) atoms. The molecule has 0 bridgehead atoms. The zero-order valence-electron chi connectivity index (χ0n) is 27.7. The summed E-state index contributed by atoms with van der Waals surface area (Å²) in [5.41, 5.74) is 2.79. The fourth-order valence-electron chi connectivity index (χ4n) is 5.27. The number of fused-ring (bicyclic) bond motifs is 1. The van der Waals surface area contributed by atoms with Crippen LogP contribution in [0.1, 0.15) is 24.0 Å². The first-order valence-corrected chi connectivity index (χ1v) is 15.6. The Morgan fingerprint density at radius 3 is 1.91 bits per heavy atom. The van der Waals surface area contributed by atoms with Gasteiger partial charge in [-0.3, -0.25) is 0 Å². The van der Waals surface area contributed by atoms with Gasteiger partial charge in [-0.25, -0.2) is 9.97 Å². The van der Waals surface area contributed by atoms with Crippen molar-refractivity contribution >= 4 is 34.6 Å². The maximum Gasteiger partial charge on any atom is 0.228 e. The molecule has 0 spiro atoms. The summed E-state index contributed by atoms with van der Waals surface area (Å²) in [7, 11) is 8.47. The van der Waals surface area contributed by atoms with Gasteiger partial charge in [-0.1, -0.05) is 12.1 Å². The molecule has 2 aromatic heterocycles. The van der Waals surface area contributed by atoms with Crippen molar-refractivity contribution in [3.8, 4) is 6.07 Å². The number of hydrogen-bond donors (Lipinski definition) is 1. The molecule has 3 heterocycles. The molecule has 0 amide bonds. The summed E-state index contributed by atoms with van der Waals surface area (Å²) in [6.07, 6.45) is 1.95. The maximum atomic E-state index is 9.45. The minimum absolute atomic E-state index is 0.203. The highest BCUT2D eigenvalue weighted by Crippen LogP contribution is 2.33. The summed E-state index contributed by atoms with van der Waals surface area (Å²) in [6.45, 7) is 6.28. The number of nitrogens with zero attached hydrogens (tertiary/aromatic N) is 8. The number of piperidine rings is 1. The minimum atomic E-state index is 0.203. The van der Waals surface area contributed by atoms with Crippen molar-refractivity contribution in [2.45, 2.75) is 25.5 Å². The van der Waals surface area contributed by atoms with E-state index >= 15 is 0 Å². The molecule has 250 valence electrons. The van der Waals surface area contributed by atoms with Crippen LogP contribution in [0.4, 0.5) is 23.5 Å². The quantitative estimate of drug-likeness (QED) is 0.206. The summed E-state index contributed by atoms with van der Waals surface area (Å²) >= 11 is 0. The molecular formula is C32H47N9O5. The summed E-state index contributed by atoms with van der Waals surface area (Å²) in [6, 6.07) is 9.73. The molecule has 4 rings (SSSR count). The molecule has 14 nitrogen and oxygen atoms in total. The lowest BCUT2D eigenvalue weighted by molar-refractivity contribution is 0.0818. The number of nitriles is 1. The van der Waals surface area contributed by atoms with Crippen molar-refractivity contribution < 1.29 is 23.7 Å². The Morgan fingerprint density at radius 1 is 0.804 bits per heavy atom. The standard InChI is InChI=1S/C32H47N9O5/c1-42-17-13-40(14-18-43-2)31-36-28-27(29(37-31)34-23-25-8-6-7-24(21-25)22-33)35-32(41(15-19-44-3)16-20-45-4)38-30(28)39-11-9-26(46-5)10-12-39/h6-8,21,26H,9-20,23H2,1-5H3,(H,34,36,37). The molecular weight excluding hydrogens is 590 g/mol. The number of ether oxygens (including phenoxy) is 5. The average Bonchev–Trinajstić information content (AvgIpc) is 3.10. The van der Waals surface area contributed by atoms with Crippen LogP contribution < -0.4 is 20.0 Å². The highest BCUT2D eigenvalue weighted by atomic mass is 16.5. The van der Waals surface area contributed by atoms with Crippen molar-refractivity contribution in [2.75, 3.05) is 121 Å². The first-order chi connectivity index (χ1) is 22.5. The SMILES string of the molecule is COCCN(CCOC)c1nc(N2CCC(OC)CC2)c2nc(N(CCOC)CCOC)nc(NCc3cccc(C#N)c3)c2n1. The lowest BCUT2D eigenvalue weighted by Gasteiger charge is -2.33. The highest BCUT2D eigenvalue weighted by molar-refractivity contribution is 5.95. The first kappa shape index (κ1) is 35.0. The molecule has 1 aromatic carbocycles. The summed E-state index contributed by atoms with van der Waals surface area (Å²) in [4.78, 5) is 26.8. The second kappa shape index (κ2) is 18.3. The molecule has 1 fully saturated rings. The van der Waals surface area contributed by atoms with Crippen molar-refractivity contribution in [3.05, 3.63) is 35.4 Å². The van der Waals surface area contributed by atoms with Crippen LogP contribution in [0, 0.1) is 11.3 Å². The van der Waals surface area contributed by atoms with Gasteiger partial charge < -0.3 is 43.7 Å². The normalized spacial score (nSPS) is 13.6. The van der Waals surface area contributed by atoms with E-state index in [2.05, 4.69) is 21.2 Å². The van der Waals surface area contributed by atoms with E-state index in [0.717, 1.165) is 37.3 Å². The van der Waals surface area contributed by atoms with Crippen LogP contribution in [0.25, 0.3) is 11.0 Å². The predicted molar refractivity (Wildman–Crippen MR) is 178 cm³/mol. The van der Waals surface area contributed by atoms with E-state index in [4.69, 9.17) is 43.6 Å². The maximum absolute atomic E-state index is 9.45. The first-order valence-electron chi connectivity index (χ1n) is 15.6. The van der Waals surface area contributed by atoms with Gasteiger partial charge in [-0.2, -0.15) is 15.2 Å². The highest BCUT2D eigenvalue weighted by Gasteiger charge is 2.27. The Hall–Kier alpha value is -3.87. The Kier molecular flexibility index (Phi) is 13.9. The number of hydrogen-bond acceptors (Lipinski definition) is 14. The molecule has 14 heteroatoms. The van der Waals surface area contributed by atoms with Crippen LogP contribution in [-0.2, 0) is 30.2 Å². The number of nitrogens with one attached hydrogen (secondary N) is 1. The lowest BCUT2D eigenvalue weighted by Crippen LogP contribution is -2.38. The second-order valence-corrected chi connectivity index (χ2v) is 10.9. The minimum Gasteiger partial charge on any atom is -0.383 e. The van der Waals surface area contributed by atoms with Gasteiger partial charge in [0, 0.05) is 81.4 Å². The number of anilines is 4. The average molecular weight is 638 g/mol. The molecule has 0 aliphatic carbocycles. The summed E-state index contributed by atoms with van der Waals surface area (Å²) in [5.74, 6) is 2.38. The van der Waals surface area contributed by atoms with Crippen molar-refractivity contribution in [2.24, 2.45) is 0 Å².